The number of carbonyl (C=O) groups excluding carboxylic acids is 1. The van der Waals surface area contributed by atoms with E-state index in [2.05, 4.69) is 15.4 Å². The number of nitrogens with one attached hydrogen (secondary N) is 1. The molecule has 0 radical (unpaired) electrons. The monoisotopic (exact) mass is 235 g/mol. The van der Waals surface area contributed by atoms with Crippen LogP contribution >= 0.6 is 0 Å². The maximum Gasteiger partial charge on any atom is 0.276 e. The normalized spacial score (nSPS) is 32.5. The number of amides is 1. The van der Waals surface area contributed by atoms with Crippen LogP contribution in [0.1, 0.15) is 29.8 Å². The van der Waals surface area contributed by atoms with E-state index < -0.39 is 0 Å². The Morgan fingerprint density at radius 2 is 2.35 bits per heavy atom. The predicted octanol–water partition coefficient (Wildman–Crippen LogP) is 0.00410. The second-order valence-electron chi connectivity index (χ2n) is 5.08. The fraction of sp³-hybridized carbons (Fsp3) is 0.727. The lowest BCUT2D eigenvalue weighted by Crippen LogP contribution is -2.38. The first-order valence-corrected chi connectivity index (χ1v) is 6.16. The van der Waals surface area contributed by atoms with Crippen molar-refractivity contribution in [2.24, 2.45) is 17.6 Å². The summed E-state index contributed by atoms with van der Waals surface area (Å²) in [7, 11) is 0. The third kappa shape index (κ3) is 1.82. The smallest absolute Gasteiger partial charge is 0.276 e. The molecule has 3 unspecified atom stereocenters. The van der Waals surface area contributed by atoms with Crippen molar-refractivity contribution in [3.63, 3.8) is 0 Å². The predicted molar refractivity (Wildman–Crippen MR) is 61.1 cm³/mol. The Morgan fingerprint density at radius 3 is 3.06 bits per heavy atom. The molecule has 1 amide bonds. The molecule has 1 saturated heterocycles. The molecule has 3 N–H and O–H groups in total. The van der Waals surface area contributed by atoms with Gasteiger partial charge in [-0.15, -0.1) is 0 Å². The molecule has 3 rings (SSSR count). The quantitative estimate of drug-likeness (QED) is 0.717. The molecule has 2 aliphatic rings. The Bertz CT molecular complexity index is 404. The van der Waals surface area contributed by atoms with E-state index >= 15 is 0 Å². The summed E-state index contributed by atoms with van der Waals surface area (Å²) in [6, 6.07) is 0.254. The maximum atomic E-state index is 12.1. The lowest BCUT2D eigenvalue weighted by Gasteiger charge is -2.29. The number of fused-ring (bicyclic) bond motifs is 1. The molecule has 6 nitrogen and oxygen atoms in total. The molecule has 2 fully saturated rings. The van der Waals surface area contributed by atoms with Crippen LogP contribution in [-0.2, 0) is 0 Å². The highest BCUT2D eigenvalue weighted by Gasteiger charge is 2.40. The van der Waals surface area contributed by atoms with Gasteiger partial charge >= 0.3 is 0 Å². The fourth-order valence-electron chi connectivity index (χ4n) is 3.15. The Balaban J connectivity index is 1.73. The molecule has 6 heteroatoms. The van der Waals surface area contributed by atoms with Gasteiger partial charge in [-0.25, -0.2) is 0 Å². The Morgan fingerprint density at radius 1 is 1.47 bits per heavy atom. The minimum absolute atomic E-state index is 0.0275. The van der Waals surface area contributed by atoms with Crippen LogP contribution in [0.15, 0.2) is 6.20 Å². The van der Waals surface area contributed by atoms with Gasteiger partial charge in [0.2, 0.25) is 0 Å². The highest BCUT2D eigenvalue weighted by molar-refractivity contribution is 5.92. The standard InChI is InChI=1S/C11H17N5O/c12-9-3-1-2-7-5-16(6-8(7)9)11(17)10-4-13-15-14-10/h4,7-9H,1-3,5-6,12H2,(H,13,14,15). The van der Waals surface area contributed by atoms with Gasteiger partial charge in [0, 0.05) is 19.1 Å². The summed E-state index contributed by atoms with van der Waals surface area (Å²) in [6.07, 6.45) is 4.95. The van der Waals surface area contributed by atoms with Crippen molar-refractivity contribution in [2.45, 2.75) is 25.3 Å². The van der Waals surface area contributed by atoms with Crippen LogP contribution in [0.3, 0.4) is 0 Å². The minimum atomic E-state index is -0.0275. The van der Waals surface area contributed by atoms with E-state index in [1.807, 2.05) is 4.90 Å². The molecule has 3 atom stereocenters. The first-order valence-electron chi connectivity index (χ1n) is 6.16. The van der Waals surface area contributed by atoms with E-state index in [0.29, 0.717) is 17.5 Å². The van der Waals surface area contributed by atoms with Gasteiger partial charge in [0.05, 0.1) is 6.20 Å². The fourth-order valence-corrected chi connectivity index (χ4v) is 3.15. The largest absolute Gasteiger partial charge is 0.337 e. The van der Waals surface area contributed by atoms with Gasteiger partial charge in [0.15, 0.2) is 5.69 Å². The van der Waals surface area contributed by atoms with Crippen LogP contribution in [0, 0.1) is 11.8 Å². The van der Waals surface area contributed by atoms with Crippen molar-refractivity contribution in [1.82, 2.24) is 20.3 Å². The molecule has 17 heavy (non-hydrogen) atoms. The zero-order valence-corrected chi connectivity index (χ0v) is 9.67. The molecule has 2 heterocycles. The van der Waals surface area contributed by atoms with E-state index in [0.717, 1.165) is 19.5 Å². The average Bonchev–Trinajstić information content (AvgIpc) is 2.98. The van der Waals surface area contributed by atoms with Crippen molar-refractivity contribution in [3.8, 4) is 0 Å². The summed E-state index contributed by atoms with van der Waals surface area (Å²) in [5, 5.41) is 9.98. The second-order valence-corrected chi connectivity index (χ2v) is 5.08. The van der Waals surface area contributed by atoms with Gasteiger partial charge in [-0.3, -0.25) is 4.79 Å². The number of aromatic amines is 1. The van der Waals surface area contributed by atoms with Crippen molar-refractivity contribution in [2.75, 3.05) is 13.1 Å². The Labute approximate surface area is 99.6 Å². The minimum Gasteiger partial charge on any atom is -0.337 e. The highest BCUT2D eigenvalue weighted by atomic mass is 16.2. The second kappa shape index (κ2) is 4.10. The van der Waals surface area contributed by atoms with Gasteiger partial charge in [0.25, 0.3) is 5.91 Å². The molecule has 1 aliphatic carbocycles. The number of likely N-dealkylation sites (tertiary alicyclic amines) is 1. The Hall–Kier alpha value is -1.43. The van der Waals surface area contributed by atoms with Crippen LogP contribution in [0.4, 0.5) is 0 Å². The van der Waals surface area contributed by atoms with Crippen LogP contribution in [0.5, 0.6) is 0 Å². The third-order valence-electron chi connectivity index (χ3n) is 4.08. The first-order chi connectivity index (χ1) is 8.25. The van der Waals surface area contributed by atoms with Gasteiger partial charge in [0.1, 0.15) is 0 Å². The summed E-state index contributed by atoms with van der Waals surface area (Å²) in [5.41, 5.74) is 6.53. The molecule has 92 valence electrons. The molecule has 1 aromatic rings. The number of H-pyrrole nitrogens is 1. The summed E-state index contributed by atoms with van der Waals surface area (Å²) in [4.78, 5) is 14.0. The van der Waals surface area contributed by atoms with Gasteiger partial charge in [-0.1, -0.05) is 6.42 Å². The summed E-state index contributed by atoms with van der Waals surface area (Å²) < 4.78 is 0. The maximum absolute atomic E-state index is 12.1. The average molecular weight is 235 g/mol. The van der Waals surface area contributed by atoms with Gasteiger partial charge in [-0.2, -0.15) is 15.4 Å². The number of rotatable bonds is 1. The number of nitrogens with two attached hydrogens (primary N) is 1. The topological polar surface area (TPSA) is 87.9 Å². The van der Waals surface area contributed by atoms with E-state index in [1.54, 1.807) is 0 Å². The van der Waals surface area contributed by atoms with E-state index in [-0.39, 0.29) is 11.9 Å². The van der Waals surface area contributed by atoms with Crippen LogP contribution in [0.2, 0.25) is 0 Å². The van der Waals surface area contributed by atoms with Crippen molar-refractivity contribution in [1.29, 1.82) is 0 Å². The number of carbonyl (C=O) groups is 1. The molecule has 0 aromatic carbocycles. The van der Waals surface area contributed by atoms with Crippen LogP contribution < -0.4 is 5.73 Å². The van der Waals surface area contributed by atoms with E-state index in [4.69, 9.17) is 5.73 Å². The highest BCUT2D eigenvalue weighted by Crippen LogP contribution is 2.35. The summed E-state index contributed by atoms with van der Waals surface area (Å²) in [6.45, 7) is 1.60. The SMILES string of the molecule is NC1CCCC2CN(C(=O)c3cn[nH]n3)CC12. The molecule has 0 spiro atoms. The van der Waals surface area contributed by atoms with E-state index in [1.165, 1.54) is 19.0 Å². The van der Waals surface area contributed by atoms with Crippen molar-refractivity contribution >= 4 is 5.91 Å². The number of aromatic nitrogens is 3. The zero-order chi connectivity index (χ0) is 11.8. The zero-order valence-electron chi connectivity index (χ0n) is 9.67. The van der Waals surface area contributed by atoms with Gasteiger partial charge < -0.3 is 10.6 Å². The lowest BCUT2D eigenvalue weighted by molar-refractivity contribution is 0.0777. The first kappa shape index (κ1) is 10.7. The Kier molecular flexibility index (Phi) is 2.58. The number of nitrogens with zero attached hydrogens (tertiary/aromatic N) is 3. The van der Waals surface area contributed by atoms with Crippen LogP contribution in [0.25, 0.3) is 0 Å². The van der Waals surface area contributed by atoms with E-state index in [9.17, 15) is 4.79 Å². The van der Waals surface area contributed by atoms with Crippen LogP contribution in [-0.4, -0.2) is 45.3 Å². The summed E-state index contributed by atoms with van der Waals surface area (Å²) >= 11 is 0. The third-order valence-corrected chi connectivity index (χ3v) is 4.08. The molecular weight excluding hydrogens is 218 g/mol. The number of hydrogen-bond acceptors (Lipinski definition) is 4. The molecule has 0 bridgehead atoms. The van der Waals surface area contributed by atoms with Crippen molar-refractivity contribution in [3.05, 3.63) is 11.9 Å². The van der Waals surface area contributed by atoms with Gasteiger partial charge in [-0.05, 0) is 24.7 Å². The number of hydrogen-bond donors (Lipinski definition) is 2. The lowest BCUT2D eigenvalue weighted by atomic mass is 9.78. The molecular formula is C11H17N5O. The molecule has 1 aromatic heterocycles. The molecule has 1 aliphatic heterocycles. The summed E-state index contributed by atoms with van der Waals surface area (Å²) in [5.74, 6) is 1.02. The molecule has 1 saturated carbocycles. The van der Waals surface area contributed by atoms with Crippen molar-refractivity contribution < 1.29 is 4.79 Å².